The van der Waals surface area contributed by atoms with Crippen molar-refractivity contribution in [1.29, 1.82) is 0 Å². The van der Waals surface area contributed by atoms with Crippen molar-refractivity contribution in [3.8, 4) is 5.75 Å². The van der Waals surface area contributed by atoms with Gasteiger partial charge in [0.25, 0.3) is 5.69 Å². The van der Waals surface area contributed by atoms with Crippen LogP contribution in [0.25, 0.3) is 0 Å². The number of methoxy groups -OCH3 is 1. The van der Waals surface area contributed by atoms with Gasteiger partial charge in [-0.15, -0.1) is 0 Å². The summed E-state index contributed by atoms with van der Waals surface area (Å²) < 4.78 is 4.90. The summed E-state index contributed by atoms with van der Waals surface area (Å²) >= 11 is 2.98. The third-order valence-electron chi connectivity index (χ3n) is 2.09. The quantitative estimate of drug-likeness (QED) is 0.273. The lowest BCUT2D eigenvalue weighted by molar-refractivity contribution is -0.385. The summed E-state index contributed by atoms with van der Waals surface area (Å²) in [6.45, 7) is 0. The van der Waals surface area contributed by atoms with Gasteiger partial charge in [-0.3, -0.25) is 19.7 Å². The van der Waals surface area contributed by atoms with Gasteiger partial charge in [0.2, 0.25) is 0 Å². The van der Waals surface area contributed by atoms with E-state index in [0.717, 1.165) is 12.1 Å². The molecular weight excluding hydrogens is 294 g/mol. The number of rotatable bonds is 5. The molecule has 17 heavy (non-hydrogen) atoms. The normalized spacial score (nSPS) is 9.76. The number of Topliss-reactive ketones (excluding diaryl/α,β-unsaturated/α-hetero) is 1. The van der Waals surface area contributed by atoms with E-state index < -0.39 is 4.92 Å². The third kappa shape index (κ3) is 2.68. The molecule has 0 bridgehead atoms. The molecule has 0 aromatic heterocycles. The van der Waals surface area contributed by atoms with Gasteiger partial charge < -0.3 is 4.74 Å². The largest absolute Gasteiger partial charge is 0.496 e. The van der Waals surface area contributed by atoms with Crippen LogP contribution in [0.4, 0.5) is 5.69 Å². The monoisotopic (exact) mass is 301 g/mol. The zero-order valence-corrected chi connectivity index (χ0v) is 10.4. The molecule has 0 unspecified atom stereocenters. The molecule has 0 saturated carbocycles. The van der Waals surface area contributed by atoms with Crippen LogP contribution in [-0.4, -0.2) is 29.4 Å². The van der Waals surface area contributed by atoms with Gasteiger partial charge in [0.05, 0.1) is 34.6 Å². The second kappa shape index (κ2) is 5.53. The summed E-state index contributed by atoms with van der Waals surface area (Å²) in [5.41, 5.74) is -0.403. The molecule has 0 N–H and O–H groups in total. The van der Waals surface area contributed by atoms with Crippen molar-refractivity contribution in [2.24, 2.45) is 0 Å². The molecule has 0 atom stereocenters. The Balaban J connectivity index is 3.48. The van der Waals surface area contributed by atoms with Crippen LogP contribution in [0.1, 0.15) is 20.7 Å². The van der Waals surface area contributed by atoms with Crippen LogP contribution in [0, 0.1) is 10.1 Å². The Kier molecular flexibility index (Phi) is 4.33. The Morgan fingerprint density at radius 1 is 1.59 bits per heavy atom. The van der Waals surface area contributed by atoms with E-state index in [9.17, 15) is 19.7 Å². The van der Waals surface area contributed by atoms with Gasteiger partial charge in [-0.25, -0.2) is 0 Å². The number of nitrogens with zero attached hydrogens (tertiary/aromatic N) is 1. The van der Waals surface area contributed by atoms with Crippen LogP contribution in [0.2, 0.25) is 0 Å². The van der Waals surface area contributed by atoms with Crippen molar-refractivity contribution in [2.45, 2.75) is 0 Å². The average Bonchev–Trinajstić information content (AvgIpc) is 2.35. The molecule has 0 amide bonds. The van der Waals surface area contributed by atoms with Crippen molar-refractivity contribution < 1.29 is 19.2 Å². The fourth-order valence-electron chi connectivity index (χ4n) is 1.30. The first kappa shape index (κ1) is 13.3. The van der Waals surface area contributed by atoms with Gasteiger partial charge in [-0.05, 0) is 6.07 Å². The van der Waals surface area contributed by atoms with Crippen LogP contribution in [0.3, 0.4) is 0 Å². The van der Waals surface area contributed by atoms with E-state index in [4.69, 9.17) is 4.74 Å². The topological polar surface area (TPSA) is 86.5 Å². The van der Waals surface area contributed by atoms with Crippen LogP contribution in [-0.2, 0) is 0 Å². The molecule has 0 fully saturated rings. The van der Waals surface area contributed by atoms with E-state index in [2.05, 4.69) is 15.9 Å². The predicted molar refractivity (Wildman–Crippen MR) is 63.2 cm³/mol. The number of ether oxygens (including phenoxy) is 1. The highest BCUT2D eigenvalue weighted by atomic mass is 79.9. The van der Waals surface area contributed by atoms with Crippen molar-refractivity contribution in [3.05, 3.63) is 33.4 Å². The van der Waals surface area contributed by atoms with Gasteiger partial charge in [0.1, 0.15) is 5.75 Å². The fraction of sp³-hybridized carbons (Fsp3) is 0.200. The minimum absolute atomic E-state index is 0.0411. The number of benzene rings is 1. The smallest absolute Gasteiger partial charge is 0.283 e. The number of alkyl halides is 1. The Bertz CT molecular complexity index is 486. The van der Waals surface area contributed by atoms with E-state index in [0.29, 0.717) is 6.29 Å². The van der Waals surface area contributed by atoms with E-state index in [-0.39, 0.29) is 33.7 Å². The predicted octanol–water partition coefficient (Wildman–Crippen LogP) is 1.99. The molecule has 0 saturated heterocycles. The number of ketones is 1. The van der Waals surface area contributed by atoms with Crippen LogP contribution in [0.15, 0.2) is 12.1 Å². The average molecular weight is 302 g/mol. The number of carbonyl (C=O) groups is 2. The number of carbonyl (C=O) groups excluding carboxylic acids is 2. The zero-order chi connectivity index (χ0) is 13.0. The van der Waals surface area contributed by atoms with E-state index in [1.54, 1.807) is 0 Å². The summed E-state index contributed by atoms with van der Waals surface area (Å²) in [4.78, 5) is 32.3. The molecule has 0 aliphatic heterocycles. The summed E-state index contributed by atoms with van der Waals surface area (Å²) in [6, 6.07) is 2.23. The van der Waals surface area contributed by atoms with Crippen molar-refractivity contribution in [3.63, 3.8) is 0 Å². The summed E-state index contributed by atoms with van der Waals surface area (Å²) in [5, 5.41) is 10.7. The molecule has 1 rings (SSSR count). The number of hydrogen-bond donors (Lipinski definition) is 0. The number of aldehydes is 1. The fourth-order valence-corrected chi connectivity index (χ4v) is 1.60. The highest BCUT2D eigenvalue weighted by molar-refractivity contribution is 9.09. The van der Waals surface area contributed by atoms with Crippen LogP contribution >= 0.6 is 15.9 Å². The highest BCUT2D eigenvalue weighted by Crippen LogP contribution is 2.28. The lowest BCUT2D eigenvalue weighted by Crippen LogP contribution is -2.06. The van der Waals surface area contributed by atoms with Gasteiger partial charge in [0, 0.05) is 0 Å². The van der Waals surface area contributed by atoms with Crippen molar-refractivity contribution in [1.82, 2.24) is 0 Å². The molecule has 1 aromatic carbocycles. The lowest BCUT2D eigenvalue weighted by Gasteiger charge is -2.07. The zero-order valence-electron chi connectivity index (χ0n) is 8.81. The summed E-state index contributed by atoms with van der Waals surface area (Å²) in [7, 11) is 1.30. The summed E-state index contributed by atoms with van der Waals surface area (Å²) in [5.74, 6) is -0.244. The van der Waals surface area contributed by atoms with Gasteiger partial charge in [-0.1, -0.05) is 15.9 Å². The summed E-state index contributed by atoms with van der Waals surface area (Å²) in [6.07, 6.45) is 0.336. The number of nitro benzene ring substituents is 1. The standard InChI is InChI=1S/C10H8BrNO5/c1-17-10-3-8(12(15)16)6(5-13)2-7(10)9(14)4-11/h2-3,5H,4H2,1H3. The maximum atomic E-state index is 11.5. The molecule has 0 aliphatic rings. The molecule has 1 aromatic rings. The minimum Gasteiger partial charge on any atom is -0.496 e. The lowest BCUT2D eigenvalue weighted by atomic mass is 10.1. The van der Waals surface area contributed by atoms with Crippen LogP contribution in [0.5, 0.6) is 5.75 Å². The number of nitro groups is 1. The molecular formula is C10H8BrNO5. The molecule has 0 aliphatic carbocycles. The Hall–Kier alpha value is -1.76. The Morgan fingerprint density at radius 3 is 2.65 bits per heavy atom. The van der Waals surface area contributed by atoms with Gasteiger partial charge in [0.15, 0.2) is 12.1 Å². The maximum Gasteiger partial charge on any atom is 0.283 e. The van der Waals surface area contributed by atoms with E-state index >= 15 is 0 Å². The Labute approximate surface area is 105 Å². The van der Waals surface area contributed by atoms with Crippen molar-refractivity contribution in [2.75, 3.05) is 12.4 Å². The highest BCUT2D eigenvalue weighted by Gasteiger charge is 2.21. The van der Waals surface area contributed by atoms with Crippen LogP contribution < -0.4 is 4.74 Å². The molecule has 0 heterocycles. The second-order valence-electron chi connectivity index (χ2n) is 3.04. The molecule has 90 valence electrons. The van der Waals surface area contributed by atoms with Crippen molar-refractivity contribution >= 4 is 33.7 Å². The van der Waals surface area contributed by atoms with E-state index in [1.165, 1.54) is 7.11 Å². The second-order valence-corrected chi connectivity index (χ2v) is 3.60. The number of hydrogen-bond acceptors (Lipinski definition) is 5. The molecule has 6 nitrogen and oxygen atoms in total. The SMILES string of the molecule is COc1cc([N+](=O)[O-])c(C=O)cc1C(=O)CBr. The first-order valence-corrected chi connectivity index (χ1v) is 5.58. The van der Waals surface area contributed by atoms with Gasteiger partial charge >= 0.3 is 0 Å². The minimum atomic E-state index is -0.700. The first-order valence-electron chi connectivity index (χ1n) is 4.46. The third-order valence-corrected chi connectivity index (χ3v) is 2.60. The number of halogens is 1. The maximum absolute atomic E-state index is 11.5. The van der Waals surface area contributed by atoms with Gasteiger partial charge in [-0.2, -0.15) is 0 Å². The first-order chi connectivity index (χ1) is 8.04. The molecule has 7 heteroatoms. The van der Waals surface area contributed by atoms with E-state index in [1.807, 2.05) is 0 Å². The molecule has 0 radical (unpaired) electrons. The molecule has 0 spiro atoms. The Morgan fingerprint density at radius 2 is 2.24 bits per heavy atom.